The molecule has 0 bridgehead atoms. The van der Waals surface area contributed by atoms with Crippen LogP contribution >= 0.6 is 0 Å². The predicted molar refractivity (Wildman–Crippen MR) is 63.3 cm³/mol. The summed E-state index contributed by atoms with van der Waals surface area (Å²) in [6.45, 7) is 4.71. The average Bonchev–Trinajstić information content (AvgIpc) is 2.33. The van der Waals surface area contributed by atoms with Gasteiger partial charge in [-0.3, -0.25) is 0 Å². The van der Waals surface area contributed by atoms with E-state index in [0.29, 0.717) is 12.0 Å². The van der Waals surface area contributed by atoms with E-state index in [9.17, 15) is 4.79 Å². The van der Waals surface area contributed by atoms with Gasteiger partial charge in [0.1, 0.15) is 0 Å². The highest BCUT2D eigenvalue weighted by Gasteiger charge is 2.22. The molecule has 1 aliphatic heterocycles. The van der Waals surface area contributed by atoms with E-state index in [1.54, 1.807) is 0 Å². The Kier molecular flexibility index (Phi) is 3.23. The van der Waals surface area contributed by atoms with Crippen LogP contribution in [0.5, 0.6) is 0 Å². The first-order valence-electron chi connectivity index (χ1n) is 5.59. The van der Waals surface area contributed by atoms with E-state index in [1.807, 2.05) is 4.90 Å². The van der Waals surface area contributed by atoms with Crippen LogP contribution in [0.3, 0.4) is 0 Å². The zero-order valence-corrected chi connectivity index (χ0v) is 10.00. The van der Waals surface area contributed by atoms with Gasteiger partial charge in [-0.15, -0.1) is 0 Å². The molecule has 0 amide bonds. The summed E-state index contributed by atoms with van der Waals surface area (Å²) in [7, 11) is 2.08. The third-order valence-electron chi connectivity index (χ3n) is 3.10. The molecular weight excluding hydrogens is 220 g/mol. The molecule has 6 heteroatoms. The van der Waals surface area contributed by atoms with Crippen LogP contribution in [-0.2, 0) is 0 Å². The summed E-state index contributed by atoms with van der Waals surface area (Å²) in [6.07, 6.45) is 1.49. The highest BCUT2D eigenvalue weighted by Crippen LogP contribution is 2.13. The molecule has 0 aromatic carbocycles. The van der Waals surface area contributed by atoms with Crippen LogP contribution in [0.25, 0.3) is 0 Å². The van der Waals surface area contributed by atoms with Crippen LogP contribution < -0.4 is 4.90 Å². The largest absolute Gasteiger partial charge is 0.477 e. The Morgan fingerprint density at radius 1 is 1.53 bits per heavy atom. The maximum Gasteiger partial charge on any atom is 0.354 e. The second kappa shape index (κ2) is 4.67. The highest BCUT2D eigenvalue weighted by molar-refractivity contribution is 5.85. The van der Waals surface area contributed by atoms with Gasteiger partial charge in [-0.25, -0.2) is 14.8 Å². The lowest BCUT2D eigenvalue weighted by atomic mass is 10.2. The maximum absolute atomic E-state index is 10.8. The van der Waals surface area contributed by atoms with Crippen LogP contribution in [-0.4, -0.2) is 58.7 Å². The number of carbonyl (C=O) groups is 1. The van der Waals surface area contributed by atoms with Crippen molar-refractivity contribution in [3.63, 3.8) is 0 Å². The molecule has 1 fully saturated rings. The van der Waals surface area contributed by atoms with Crippen LogP contribution in [0.2, 0.25) is 0 Å². The van der Waals surface area contributed by atoms with Gasteiger partial charge in [-0.2, -0.15) is 0 Å². The van der Waals surface area contributed by atoms with Gasteiger partial charge in [0, 0.05) is 31.9 Å². The van der Waals surface area contributed by atoms with E-state index >= 15 is 0 Å². The van der Waals surface area contributed by atoms with Gasteiger partial charge >= 0.3 is 5.97 Å². The fourth-order valence-electron chi connectivity index (χ4n) is 1.85. The SMILES string of the molecule is CC1CN(c2nccc(C(=O)O)n2)CCN1C. The fraction of sp³-hybridized carbons (Fsp3) is 0.545. The molecule has 1 N–H and O–H groups in total. The molecule has 1 aromatic heterocycles. The summed E-state index contributed by atoms with van der Waals surface area (Å²) in [5.41, 5.74) is 0.0431. The Morgan fingerprint density at radius 3 is 2.94 bits per heavy atom. The van der Waals surface area contributed by atoms with E-state index in [2.05, 4.69) is 28.8 Å². The quantitative estimate of drug-likeness (QED) is 0.797. The van der Waals surface area contributed by atoms with Crippen molar-refractivity contribution in [2.45, 2.75) is 13.0 Å². The van der Waals surface area contributed by atoms with Gasteiger partial charge in [0.2, 0.25) is 5.95 Å². The number of anilines is 1. The summed E-state index contributed by atoms with van der Waals surface area (Å²) in [5.74, 6) is -0.513. The zero-order chi connectivity index (χ0) is 12.4. The van der Waals surface area contributed by atoms with E-state index in [0.717, 1.165) is 19.6 Å². The van der Waals surface area contributed by atoms with E-state index < -0.39 is 5.97 Å². The Labute approximate surface area is 99.9 Å². The normalized spacial score (nSPS) is 21.5. The lowest BCUT2D eigenvalue weighted by Gasteiger charge is -2.37. The van der Waals surface area contributed by atoms with Crippen molar-refractivity contribution in [1.82, 2.24) is 14.9 Å². The number of carboxylic acids is 1. The Bertz CT molecular complexity index is 424. The molecule has 0 radical (unpaired) electrons. The van der Waals surface area contributed by atoms with Crippen molar-refractivity contribution in [3.05, 3.63) is 18.0 Å². The minimum atomic E-state index is -1.02. The molecule has 1 unspecified atom stereocenters. The lowest BCUT2D eigenvalue weighted by Crippen LogP contribution is -2.50. The van der Waals surface area contributed by atoms with Gasteiger partial charge in [-0.1, -0.05) is 0 Å². The topological polar surface area (TPSA) is 69.6 Å². The Morgan fingerprint density at radius 2 is 2.29 bits per heavy atom. The van der Waals surface area contributed by atoms with Crippen molar-refractivity contribution in [1.29, 1.82) is 0 Å². The molecule has 92 valence electrons. The number of rotatable bonds is 2. The second-order valence-electron chi connectivity index (χ2n) is 4.32. The molecule has 17 heavy (non-hydrogen) atoms. The number of aromatic carboxylic acids is 1. The molecule has 0 saturated carbocycles. The fourth-order valence-corrected chi connectivity index (χ4v) is 1.85. The number of hydrogen-bond donors (Lipinski definition) is 1. The first-order chi connectivity index (χ1) is 8.08. The van der Waals surface area contributed by atoms with Crippen molar-refractivity contribution in [2.24, 2.45) is 0 Å². The molecule has 6 nitrogen and oxygen atoms in total. The Balaban J connectivity index is 2.17. The number of aromatic nitrogens is 2. The van der Waals surface area contributed by atoms with E-state index in [1.165, 1.54) is 12.3 Å². The minimum Gasteiger partial charge on any atom is -0.477 e. The van der Waals surface area contributed by atoms with E-state index in [-0.39, 0.29) is 5.69 Å². The molecule has 0 spiro atoms. The predicted octanol–water partition coefficient (Wildman–Crippen LogP) is 0.315. The van der Waals surface area contributed by atoms with E-state index in [4.69, 9.17) is 5.11 Å². The average molecular weight is 236 g/mol. The first-order valence-corrected chi connectivity index (χ1v) is 5.59. The summed E-state index contributed by atoms with van der Waals surface area (Å²) >= 11 is 0. The summed E-state index contributed by atoms with van der Waals surface area (Å²) < 4.78 is 0. The highest BCUT2D eigenvalue weighted by atomic mass is 16.4. The van der Waals surface area contributed by atoms with Crippen LogP contribution in [0.4, 0.5) is 5.95 Å². The van der Waals surface area contributed by atoms with Crippen molar-refractivity contribution < 1.29 is 9.90 Å². The summed E-state index contributed by atoms with van der Waals surface area (Å²) in [6, 6.07) is 1.83. The van der Waals surface area contributed by atoms with Gasteiger partial charge in [0.25, 0.3) is 0 Å². The van der Waals surface area contributed by atoms with Gasteiger partial charge in [0.05, 0.1) is 0 Å². The van der Waals surface area contributed by atoms with Crippen molar-refractivity contribution in [2.75, 3.05) is 31.6 Å². The number of likely N-dealkylation sites (N-methyl/N-ethyl adjacent to an activating group) is 1. The standard InChI is InChI=1S/C11H16N4O2/c1-8-7-15(6-5-14(8)2)11-12-4-3-9(13-11)10(16)17/h3-4,8H,5-7H2,1-2H3,(H,16,17). The molecule has 2 rings (SSSR count). The van der Waals surface area contributed by atoms with Crippen LogP contribution in [0.1, 0.15) is 17.4 Å². The lowest BCUT2D eigenvalue weighted by molar-refractivity contribution is 0.0690. The smallest absolute Gasteiger partial charge is 0.354 e. The maximum atomic E-state index is 10.8. The first kappa shape index (κ1) is 11.8. The molecule has 2 heterocycles. The van der Waals surface area contributed by atoms with Crippen molar-refractivity contribution in [3.8, 4) is 0 Å². The summed E-state index contributed by atoms with van der Waals surface area (Å²) in [5, 5.41) is 8.88. The van der Waals surface area contributed by atoms with Crippen molar-refractivity contribution >= 4 is 11.9 Å². The molecule has 1 saturated heterocycles. The van der Waals surface area contributed by atoms with Crippen LogP contribution in [0.15, 0.2) is 12.3 Å². The molecular formula is C11H16N4O2. The third kappa shape index (κ3) is 2.52. The number of piperazine rings is 1. The molecule has 1 atom stereocenters. The molecule has 0 aliphatic carbocycles. The monoisotopic (exact) mass is 236 g/mol. The van der Waals surface area contributed by atoms with Gasteiger partial charge in [0.15, 0.2) is 5.69 Å². The third-order valence-corrected chi connectivity index (χ3v) is 3.10. The summed E-state index contributed by atoms with van der Waals surface area (Å²) in [4.78, 5) is 23.3. The molecule has 1 aliphatic rings. The minimum absolute atomic E-state index is 0.0431. The number of hydrogen-bond acceptors (Lipinski definition) is 5. The van der Waals surface area contributed by atoms with Crippen LogP contribution in [0, 0.1) is 0 Å². The second-order valence-corrected chi connectivity index (χ2v) is 4.32. The number of nitrogens with zero attached hydrogens (tertiary/aromatic N) is 4. The number of carboxylic acid groups (broad SMARTS) is 1. The molecule has 1 aromatic rings. The van der Waals surface area contributed by atoms with Gasteiger partial charge < -0.3 is 14.9 Å². The Hall–Kier alpha value is -1.69. The zero-order valence-electron chi connectivity index (χ0n) is 10.00. The van der Waals surface area contributed by atoms with Gasteiger partial charge in [-0.05, 0) is 20.0 Å².